The largest absolute Gasteiger partial charge is 0.237 e. The van der Waals surface area contributed by atoms with Crippen LogP contribution < -0.4 is 0 Å². The number of rotatable bonds is 5. The Morgan fingerprint density at radius 3 is 1.43 bits per heavy atom. The molecule has 0 radical (unpaired) electrons. The van der Waals surface area contributed by atoms with Crippen LogP contribution in [-0.4, -0.2) is 18.0 Å². The smallest absolute Gasteiger partial charge is 0.124 e. The Balaban J connectivity index is 1.61. The number of thiazole rings is 2. The molecule has 0 amide bonds. The highest BCUT2D eigenvalue weighted by Gasteiger charge is 2.48. The number of nitrogens with zero attached hydrogens (tertiary/aromatic N) is 2. The summed E-state index contributed by atoms with van der Waals surface area (Å²) in [6.07, 6.45) is 0. The third-order valence-corrected chi connectivity index (χ3v) is 15.3. The number of allylic oxidation sites excluding steroid dienone is 2. The Labute approximate surface area is 244 Å². The van der Waals surface area contributed by atoms with Gasteiger partial charge in [-0.2, -0.15) is 0 Å². The molecule has 0 saturated carbocycles. The third-order valence-electron chi connectivity index (χ3n) is 8.20. The lowest BCUT2D eigenvalue weighted by atomic mass is 9.91. The molecule has 0 N–H and O–H groups in total. The van der Waals surface area contributed by atoms with E-state index in [1.165, 1.54) is 53.2 Å². The summed E-state index contributed by atoms with van der Waals surface area (Å²) >= 11 is 3.69. The molecule has 0 unspecified atom stereocenters. The lowest BCUT2D eigenvalue weighted by Crippen LogP contribution is -2.32. The van der Waals surface area contributed by atoms with E-state index < -0.39 is 8.07 Å². The van der Waals surface area contributed by atoms with Crippen LogP contribution in [0.3, 0.4) is 0 Å². The Hall–Kier alpha value is -3.64. The number of hydrogen-bond donors (Lipinski definition) is 0. The fourth-order valence-electron chi connectivity index (χ4n) is 6.04. The van der Waals surface area contributed by atoms with Gasteiger partial charge in [-0.25, -0.2) is 9.97 Å². The Kier molecular flexibility index (Phi) is 6.19. The fraction of sp³-hybridized carbons (Fsp3) is 0.143. The van der Waals surface area contributed by atoms with Crippen molar-refractivity contribution in [2.45, 2.75) is 33.4 Å². The van der Waals surface area contributed by atoms with Gasteiger partial charge in [0, 0.05) is 0 Å². The SMILES string of the molecule is CC[Si]1(C)C(c2nc3cc(C)ccc3s2)=C(c2ccccc2)C(c2ccccc2)=C1c1nc2cc(C)ccc2s1. The van der Waals surface area contributed by atoms with Gasteiger partial charge in [-0.15, -0.1) is 22.7 Å². The van der Waals surface area contributed by atoms with Crippen molar-refractivity contribution in [3.8, 4) is 0 Å². The second-order valence-corrected chi connectivity index (χ2v) is 17.3. The van der Waals surface area contributed by atoms with Crippen molar-refractivity contribution >= 4 is 72.7 Å². The van der Waals surface area contributed by atoms with Crippen molar-refractivity contribution in [3.05, 3.63) is 129 Å². The molecule has 0 fully saturated rings. The summed E-state index contributed by atoms with van der Waals surface area (Å²) in [5.41, 5.74) is 9.87. The lowest BCUT2D eigenvalue weighted by molar-refractivity contribution is 1.37. The summed E-state index contributed by atoms with van der Waals surface area (Å²) in [5, 5.41) is 5.22. The van der Waals surface area contributed by atoms with Crippen LogP contribution in [0.15, 0.2) is 97.1 Å². The van der Waals surface area contributed by atoms with Crippen molar-refractivity contribution in [1.29, 1.82) is 0 Å². The first-order chi connectivity index (χ1) is 19.5. The van der Waals surface area contributed by atoms with E-state index >= 15 is 0 Å². The molecule has 4 aromatic carbocycles. The zero-order valence-electron chi connectivity index (χ0n) is 23.2. The highest BCUT2D eigenvalue weighted by Crippen LogP contribution is 2.58. The monoisotopic (exact) mass is 570 g/mol. The molecule has 1 aliphatic heterocycles. The normalized spacial score (nSPS) is 15.1. The Bertz CT molecular complexity index is 1820. The first kappa shape index (κ1) is 25.3. The van der Waals surface area contributed by atoms with Gasteiger partial charge < -0.3 is 0 Å². The van der Waals surface area contributed by atoms with E-state index in [2.05, 4.69) is 124 Å². The van der Waals surface area contributed by atoms with Crippen molar-refractivity contribution in [2.75, 3.05) is 0 Å². The molecule has 40 heavy (non-hydrogen) atoms. The zero-order valence-corrected chi connectivity index (χ0v) is 25.8. The van der Waals surface area contributed by atoms with Gasteiger partial charge >= 0.3 is 0 Å². The van der Waals surface area contributed by atoms with E-state index in [-0.39, 0.29) is 0 Å². The summed E-state index contributed by atoms with van der Waals surface area (Å²) in [7, 11) is -2.29. The molecule has 196 valence electrons. The number of fused-ring (bicyclic) bond motifs is 2. The second-order valence-electron chi connectivity index (χ2n) is 10.9. The molecule has 7 rings (SSSR count). The minimum atomic E-state index is -2.29. The standard InChI is InChI=1S/C35H30N2S2Si/c1-5-40(4)32(34-36-26-20-22(2)16-18-28(26)38-34)30(24-12-8-6-9-13-24)31(25-14-10-7-11-15-25)33(40)35-37-27-21-23(3)17-19-29(27)39-35/h6-21H,5H2,1-4H3. The molecule has 5 heteroatoms. The quantitative estimate of drug-likeness (QED) is 0.193. The van der Waals surface area contributed by atoms with Gasteiger partial charge in [0.1, 0.15) is 18.1 Å². The average Bonchev–Trinajstić information content (AvgIpc) is 3.65. The Morgan fingerprint density at radius 1 is 0.600 bits per heavy atom. The minimum absolute atomic E-state index is 1.08. The maximum atomic E-state index is 5.34. The lowest BCUT2D eigenvalue weighted by Gasteiger charge is -2.26. The van der Waals surface area contributed by atoms with Gasteiger partial charge in [-0.05, 0) is 81.9 Å². The van der Waals surface area contributed by atoms with Crippen LogP contribution in [0.4, 0.5) is 0 Å². The van der Waals surface area contributed by atoms with E-state index in [0.29, 0.717) is 0 Å². The van der Waals surface area contributed by atoms with Crippen LogP contribution in [0.2, 0.25) is 12.6 Å². The molecule has 0 atom stereocenters. The molecule has 0 saturated heterocycles. The van der Waals surface area contributed by atoms with Gasteiger partial charge in [0.05, 0.1) is 20.4 Å². The molecule has 3 heterocycles. The molecule has 0 aliphatic carbocycles. The van der Waals surface area contributed by atoms with Crippen molar-refractivity contribution in [3.63, 3.8) is 0 Å². The van der Waals surface area contributed by atoms with Crippen LogP contribution in [0.5, 0.6) is 0 Å². The van der Waals surface area contributed by atoms with Crippen LogP contribution >= 0.6 is 22.7 Å². The molecular weight excluding hydrogens is 541 g/mol. The van der Waals surface area contributed by atoms with Crippen LogP contribution in [-0.2, 0) is 0 Å². The van der Waals surface area contributed by atoms with Crippen LogP contribution in [0, 0.1) is 13.8 Å². The predicted octanol–water partition coefficient (Wildman–Crippen LogP) is 10.2. The maximum absolute atomic E-state index is 5.34. The number of aromatic nitrogens is 2. The number of benzene rings is 4. The van der Waals surface area contributed by atoms with Crippen molar-refractivity contribution < 1.29 is 0 Å². The van der Waals surface area contributed by atoms with Crippen LogP contribution in [0.1, 0.15) is 39.2 Å². The summed E-state index contributed by atoms with van der Waals surface area (Å²) in [5.74, 6) is 0. The van der Waals surface area contributed by atoms with E-state index in [4.69, 9.17) is 9.97 Å². The van der Waals surface area contributed by atoms with E-state index in [9.17, 15) is 0 Å². The predicted molar refractivity (Wildman–Crippen MR) is 177 cm³/mol. The summed E-state index contributed by atoms with van der Waals surface area (Å²) < 4.78 is 2.50. The summed E-state index contributed by atoms with van der Waals surface area (Å²) in [6, 6.07) is 36.3. The molecular formula is C35H30N2S2Si. The van der Waals surface area contributed by atoms with E-state index in [0.717, 1.165) is 27.1 Å². The average molecular weight is 571 g/mol. The van der Waals surface area contributed by atoms with Gasteiger partial charge in [0.25, 0.3) is 0 Å². The van der Waals surface area contributed by atoms with Gasteiger partial charge in [0.15, 0.2) is 0 Å². The van der Waals surface area contributed by atoms with E-state index in [1.807, 2.05) is 22.7 Å². The van der Waals surface area contributed by atoms with Crippen molar-refractivity contribution in [2.24, 2.45) is 0 Å². The van der Waals surface area contributed by atoms with Gasteiger partial charge in [-0.1, -0.05) is 92.3 Å². The maximum Gasteiger partial charge on any atom is 0.124 e. The Morgan fingerprint density at radius 2 is 1.02 bits per heavy atom. The fourth-order valence-corrected chi connectivity index (χ4v) is 13.2. The summed E-state index contributed by atoms with van der Waals surface area (Å²) in [4.78, 5) is 10.7. The summed E-state index contributed by atoms with van der Waals surface area (Å²) in [6.45, 7) is 9.22. The van der Waals surface area contributed by atoms with Gasteiger partial charge in [0.2, 0.25) is 0 Å². The zero-order chi connectivity index (χ0) is 27.4. The van der Waals surface area contributed by atoms with Crippen LogP contribution in [0.25, 0.3) is 42.0 Å². The highest BCUT2D eigenvalue weighted by molar-refractivity contribution is 7.27. The van der Waals surface area contributed by atoms with Crippen molar-refractivity contribution in [1.82, 2.24) is 9.97 Å². The van der Waals surface area contributed by atoms with E-state index in [1.54, 1.807) is 0 Å². The molecule has 6 aromatic rings. The third kappa shape index (κ3) is 4.03. The van der Waals surface area contributed by atoms with Gasteiger partial charge in [-0.3, -0.25) is 0 Å². The second kappa shape index (κ2) is 9.77. The molecule has 2 nitrogen and oxygen atoms in total. The first-order valence-electron chi connectivity index (χ1n) is 13.8. The molecule has 0 spiro atoms. The topological polar surface area (TPSA) is 25.8 Å². The molecule has 1 aliphatic rings. The molecule has 0 bridgehead atoms. The number of hydrogen-bond acceptors (Lipinski definition) is 4. The first-order valence-corrected chi connectivity index (χ1v) is 18.2. The molecule has 2 aromatic heterocycles. The number of aryl methyl sites for hydroxylation is 2. The highest BCUT2D eigenvalue weighted by atomic mass is 32.1. The minimum Gasteiger partial charge on any atom is -0.237 e.